The average molecular weight is 242 g/mol. The second-order valence-electron chi connectivity index (χ2n) is 3.65. The lowest BCUT2D eigenvalue weighted by atomic mass is 10.0. The molecule has 0 bridgehead atoms. The quantitative estimate of drug-likeness (QED) is 0.840. The van der Waals surface area contributed by atoms with Crippen molar-refractivity contribution < 1.29 is 14.3 Å². The average Bonchev–Trinajstić information content (AvgIpc) is 2.39. The molecule has 2 rings (SSSR count). The van der Waals surface area contributed by atoms with Crippen molar-refractivity contribution in [3.63, 3.8) is 0 Å². The van der Waals surface area contributed by atoms with Gasteiger partial charge in [0, 0.05) is 5.56 Å². The van der Waals surface area contributed by atoms with Crippen molar-refractivity contribution in [2.45, 2.75) is 0 Å². The SMILES string of the molecule is C=Cc1cc2c(=O)c(C=C)coc2c(C=O)c1O. The van der Waals surface area contributed by atoms with Crippen molar-refractivity contribution in [3.8, 4) is 5.75 Å². The molecule has 18 heavy (non-hydrogen) atoms. The highest BCUT2D eigenvalue weighted by Gasteiger charge is 2.15. The predicted molar refractivity (Wildman–Crippen MR) is 69.7 cm³/mol. The number of phenols is 1. The minimum absolute atomic E-state index is 0.0590. The molecular weight excluding hydrogens is 232 g/mol. The maximum Gasteiger partial charge on any atom is 0.199 e. The summed E-state index contributed by atoms with van der Waals surface area (Å²) in [7, 11) is 0. The molecule has 4 heteroatoms. The van der Waals surface area contributed by atoms with Crippen LogP contribution in [0.5, 0.6) is 5.75 Å². The number of carbonyl (C=O) groups excluding carboxylic acids is 1. The monoisotopic (exact) mass is 242 g/mol. The van der Waals surface area contributed by atoms with E-state index in [1.54, 1.807) is 0 Å². The molecule has 0 fully saturated rings. The lowest BCUT2D eigenvalue weighted by Gasteiger charge is -2.06. The molecule has 0 aliphatic heterocycles. The smallest absolute Gasteiger partial charge is 0.199 e. The third kappa shape index (κ3) is 1.55. The number of aldehydes is 1. The van der Waals surface area contributed by atoms with Gasteiger partial charge in [-0.15, -0.1) is 0 Å². The van der Waals surface area contributed by atoms with Crippen molar-refractivity contribution in [2.24, 2.45) is 0 Å². The van der Waals surface area contributed by atoms with Crippen LogP contribution in [0.4, 0.5) is 0 Å². The van der Waals surface area contributed by atoms with E-state index in [9.17, 15) is 14.7 Å². The van der Waals surface area contributed by atoms with Gasteiger partial charge in [-0.1, -0.05) is 25.3 Å². The molecule has 1 aromatic carbocycles. The van der Waals surface area contributed by atoms with Gasteiger partial charge in [-0.25, -0.2) is 0 Å². The van der Waals surface area contributed by atoms with Gasteiger partial charge in [0.15, 0.2) is 17.3 Å². The molecule has 0 aliphatic carbocycles. The summed E-state index contributed by atoms with van der Waals surface area (Å²) >= 11 is 0. The fraction of sp³-hybridized carbons (Fsp3) is 0. The Balaban J connectivity index is 3.06. The number of hydrogen-bond donors (Lipinski definition) is 1. The number of aromatic hydroxyl groups is 1. The predicted octanol–water partition coefficient (Wildman–Crippen LogP) is 2.60. The van der Waals surface area contributed by atoms with Crippen molar-refractivity contribution >= 4 is 29.4 Å². The number of phenolic OH excluding ortho intramolecular Hbond substituents is 1. The van der Waals surface area contributed by atoms with Crippen LogP contribution in [0, 0.1) is 0 Å². The fourth-order valence-corrected chi connectivity index (χ4v) is 1.73. The molecule has 0 unspecified atom stereocenters. The van der Waals surface area contributed by atoms with Gasteiger partial charge in [0.2, 0.25) is 0 Å². The Morgan fingerprint density at radius 3 is 2.44 bits per heavy atom. The van der Waals surface area contributed by atoms with Crippen LogP contribution in [0.2, 0.25) is 0 Å². The van der Waals surface area contributed by atoms with Crippen molar-refractivity contribution in [2.75, 3.05) is 0 Å². The second kappa shape index (κ2) is 4.33. The van der Waals surface area contributed by atoms with Crippen LogP contribution in [-0.4, -0.2) is 11.4 Å². The summed E-state index contributed by atoms with van der Waals surface area (Å²) in [6.45, 7) is 7.02. The maximum absolute atomic E-state index is 12.0. The van der Waals surface area contributed by atoms with Crippen LogP contribution >= 0.6 is 0 Å². The summed E-state index contributed by atoms with van der Waals surface area (Å²) in [6.07, 6.45) is 4.38. The summed E-state index contributed by atoms with van der Waals surface area (Å²) in [4.78, 5) is 23.0. The summed E-state index contributed by atoms with van der Waals surface area (Å²) in [5.74, 6) is -0.248. The normalized spacial score (nSPS) is 10.2. The van der Waals surface area contributed by atoms with Crippen LogP contribution in [-0.2, 0) is 0 Å². The number of hydrogen-bond acceptors (Lipinski definition) is 4. The number of fused-ring (bicyclic) bond motifs is 1. The first kappa shape index (κ1) is 11.9. The first-order valence-electron chi connectivity index (χ1n) is 5.15. The lowest BCUT2D eigenvalue weighted by Crippen LogP contribution is -2.06. The van der Waals surface area contributed by atoms with Crippen LogP contribution in [0.1, 0.15) is 21.5 Å². The van der Waals surface area contributed by atoms with E-state index in [4.69, 9.17) is 4.42 Å². The molecule has 0 radical (unpaired) electrons. The van der Waals surface area contributed by atoms with Crippen LogP contribution < -0.4 is 5.43 Å². The van der Waals surface area contributed by atoms with Crippen LogP contribution in [0.3, 0.4) is 0 Å². The molecule has 0 spiro atoms. The highest BCUT2D eigenvalue weighted by molar-refractivity contribution is 5.99. The van der Waals surface area contributed by atoms with Crippen LogP contribution in [0.25, 0.3) is 23.1 Å². The van der Waals surface area contributed by atoms with Crippen LogP contribution in [0.15, 0.2) is 34.7 Å². The molecule has 0 aliphatic rings. The van der Waals surface area contributed by atoms with Crippen molar-refractivity contribution in [1.29, 1.82) is 0 Å². The van der Waals surface area contributed by atoms with Gasteiger partial charge in [0.05, 0.1) is 10.9 Å². The van der Waals surface area contributed by atoms with E-state index in [0.717, 1.165) is 0 Å². The van der Waals surface area contributed by atoms with Crippen molar-refractivity contribution in [1.82, 2.24) is 0 Å². The van der Waals surface area contributed by atoms with Gasteiger partial charge in [-0.05, 0) is 6.07 Å². The molecule has 1 heterocycles. The molecule has 90 valence electrons. The Labute approximate surface area is 102 Å². The van der Waals surface area contributed by atoms with Gasteiger partial charge in [-0.2, -0.15) is 0 Å². The summed E-state index contributed by atoms with van der Waals surface area (Å²) in [6, 6.07) is 1.43. The Morgan fingerprint density at radius 1 is 1.22 bits per heavy atom. The van der Waals surface area contributed by atoms with Gasteiger partial charge in [0.1, 0.15) is 17.6 Å². The Kier molecular flexibility index (Phi) is 2.85. The first-order valence-corrected chi connectivity index (χ1v) is 5.15. The number of benzene rings is 1. The minimum atomic E-state index is -0.308. The molecule has 4 nitrogen and oxygen atoms in total. The highest BCUT2D eigenvalue weighted by atomic mass is 16.3. The Bertz CT molecular complexity index is 723. The molecular formula is C14H10O4. The Hall–Kier alpha value is -2.62. The first-order chi connectivity index (χ1) is 8.63. The van der Waals surface area contributed by atoms with E-state index in [1.807, 2.05) is 0 Å². The van der Waals surface area contributed by atoms with E-state index in [1.165, 1.54) is 24.5 Å². The minimum Gasteiger partial charge on any atom is -0.506 e. The lowest BCUT2D eigenvalue weighted by molar-refractivity contribution is 0.112. The third-order valence-electron chi connectivity index (χ3n) is 2.69. The molecule has 0 saturated heterocycles. The second-order valence-corrected chi connectivity index (χ2v) is 3.65. The van der Waals surface area contributed by atoms with E-state index < -0.39 is 0 Å². The van der Waals surface area contributed by atoms with Crippen molar-refractivity contribution in [3.05, 3.63) is 52.4 Å². The van der Waals surface area contributed by atoms with E-state index in [0.29, 0.717) is 17.4 Å². The molecule has 1 aromatic heterocycles. The molecule has 0 atom stereocenters. The molecule has 0 saturated carbocycles. The zero-order chi connectivity index (χ0) is 13.3. The Morgan fingerprint density at radius 2 is 1.89 bits per heavy atom. The third-order valence-corrected chi connectivity index (χ3v) is 2.69. The van der Waals surface area contributed by atoms with Gasteiger partial charge >= 0.3 is 0 Å². The topological polar surface area (TPSA) is 67.5 Å². The summed E-state index contributed by atoms with van der Waals surface area (Å²) in [5.41, 5.74) is 0.287. The summed E-state index contributed by atoms with van der Waals surface area (Å²) < 4.78 is 5.22. The maximum atomic E-state index is 12.0. The zero-order valence-electron chi connectivity index (χ0n) is 9.47. The number of rotatable bonds is 3. The molecule has 2 aromatic rings. The van der Waals surface area contributed by atoms with E-state index in [2.05, 4.69) is 13.2 Å². The van der Waals surface area contributed by atoms with Gasteiger partial charge in [0.25, 0.3) is 0 Å². The van der Waals surface area contributed by atoms with Gasteiger partial charge in [-0.3, -0.25) is 9.59 Å². The fourth-order valence-electron chi connectivity index (χ4n) is 1.73. The largest absolute Gasteiger partial charge is 0.506 e. The van der Waals surface area contributed by atoms with E-state index >= 15 is 0 Å². The standard InChI is InChI=1S/C14H10O4/c1-3-8-5-10-13(17)9(4-2)7-18-14(10)11(6-15)12(8)16/h3-7,16H,1-2H2. The zero-order valence-corrected chi connectivity index (χ0v) is 9.47. The number of carbonyl (C=O) groups is 1. The molecule has 1 N–H and O–H groups in total. The van der Waals surface area contributed by atoms with E-state index in [-0.39, 0.29) is 27.7 Å². The summed E-state index contributed by atoms with van der Waals surface area (Å²) in [5, 5.41) is 10.0. The molecule has 0 amide bonds. The highest BCUT2D eigenvalue weighted by Crippen LogP contribution is 2.29. The van der Waals surface area contributed by atoms with Gasteiger partial charge < -0.3 is 9.52 Å².